The summed E-state index contributed by atoms with van der Waals surface area (Å²) in [6.45, 7) is 2.05. The van der Waals surface area contributed by atoms with Crippen molar-refractivity contribution < 1.29 is 13.2 Å². The van der Waals surface area contributed by atoms with Gasteiger partial charge in [0.25, 0.3) is 5.91 Å². The number of nitriles is 1. The Labute approximate surface area is 194 Å². The molecule has 1 aliphatic heterocycles. The zero-order valence-electron chi connectivity index (χ0n) is 17.2. The van der Waals surface area contributed by atoms with Crippen LogP contribution in [0.25, 0.3) is 10.2 Å². The molecule has 1 atom stereocenters. The number of carbonyl (C=O) groups excluding carboxylic acids is 1. The van der Waals surface area contributed by atoms with Crippen molar-refractivity contribution in [3.05, 3.63) is 69.7 Å². The molecule has 1 amide bonds. The molecule has 0 bridgehead atoms. The van der Waals surface area contributed by atoms with Gasteiger partial charge in [-0.1, -0.05) is 17.8 Å². The van der Waals surface area contributed by atoms with E-state index in [9.17, 15) is 13.2 Å². The summed E-state index contributed by atoms with van der Waals surface area (Å²) in [7, 11) is -3.81. The molecule has 0 spiro atoms. The van der Waals surface area contributed by atoms with E-state index >= 15 is 0 Å². The van der Waals surface area contributed by atoms with Crippen molar-refractivity contribution >= 4 is 54.9 Å². The van der Waals surface area contributed by atoms with Crippen molar-refractivity contribution in [1.82, 2.24) is 9.29 Å². The molecule has 0 fully saturated rings. The van der Waals surface area contributed by atoms with Crippen molar-refractivity contribution in [2.75, 3.05) is 11.2 Å². The van der Waals surface area contributed by atoms with E-state index in [0.29, 0.717) is 22.7 Å². The second-order valence-electron chi connectivity index (χ2n) is 7.21. The fraction of sp³-hybridized carbons (Fsp3) is 0.190. The third-order valence-corrected chi connectivity index (χ3v) is 8.22. The van der Waals surface area contributed by atoms with Gasteiger partial charge in [0.2, 0.25) is 10.0 Å². The smallest absolute Gasteiger partial charge is 0.266 e. The lowest BCUT2D eigenvalue weighted by atomic mass is 10.1. The van der Waals surface area contributed by atoms with Gasteiger partial charge >= 0.3 is 0 Å². The van der Waals surface area contributed by atoms with E-state index in [1.807, 2.05) is 23.1 Å². The molecular formula is C21H19N5O3S3. The fourth-order valence-electron chi connectivity index (χ4n) is 3.55. The van der Waals surface area contributed by atoms with Crippen LogP contribution in [0.2, 0.25) is 0 Å². The summed E-state index contributed by atoms with van der Waals surface area (Å²) in [5.41, 5.74) is 9.58. The van der Waals surface area contributed by atoms with E-state index in [4.69, 9.17) is 11.0 Å². The Kier molecular flexibility index (Phi) is 5.85. The van der Waals surface area contributed by atoms with E-state index in [0.717, 1.165) is 26.3 Å². The number of benzene rings is 2. The maximum atomic E-state index is 12.7. The number of hydrogen-bond donors (Lipinski definition) is 1. The van der Waals surface area contributed by atoms with Crippen LogP contribution in [0.3, 0.4) is 0 Å². The number of anilines is 1. The largest absolute Gasteiger partial charge is 0.364 e. The molecule has 0 radical (unpaired) electrons. The molecule has 0 saturated heterocycles. The Morgan fingerprint density at radius 1 is 1.28 bits per heavy atom. The number of hydrogen-bond acceptors (Lipinski definition) is 8. The molecule has 1 aromatic heterocycles. The lowest BCUT2D eigenvalue weighted by Gasteiger charge is -2.36. The fourth-order valence-corrected chi connectivity index (χ4v) is 7.10. The van der Waals surface area contributed by atoms with Gasteiger partial charge in [-0.3, -0.25) is 4.79 Å². The van der Waals surface area contributed by atoms with Gasteiger partial charge in [0.15, 0.2) is 5.50 Å². The van der Waals surface area contributed by atoms with Crippen LogP contribution in [0.15, 0.2) is 58.6 Å². The van der Waals surface area contributed by atoms with Gasteiger partial charge in [0.05, 0.1) is 33.6 Å². The molecule has 2 aromatic carbocycles. The number of nitrogens with zero attached hydrogens (tertiary/aromatic N) is 4. The molecule has 11 heteroatoms. The second kappa shape index (κ2) is 8.46. The average Bonchev–Trinajstić information content (AvgIpc) is 3.35. The van der Waals surface area contributed by atoms with Crippen LogP contribution in [-0.2, 0) is 21.4 Å². The highest BCUT2D eigenvalue weighted by molar-refractivity contribution is 8.04. The normalized spacial score (nSPS) is 16.4. The first-order valence-corrected chi connectivity index (χ1v) is 13.1. The zero-order chi connectivity index (χ0) is 23.0. The maximum Gasteiger partial charge on any atom is 0.266 e. The topological polar surface area (TPSA) is 120 Å². The number of carbonyl (C=O) groups is 1. The Morgan fingerprint density at radius 2 is 2.00 bits per heavy atom. The Balaban J connectivity index is 1.80. The van der Waals surface area contributed by atoms with Gasteiger partial charge in [0, 0.05) is 17.1 Å². The van der Waals surface area contributed by atoms with Gasteiger partial charge < -0.3 is 10.6 Å². The van der Waals surface area contributed by atoms with Crippen LogP contribution in [0.5, 0.6) is 0 Å². The van der Waals surface area contributed by atoms with E-state index in [-0.39, 0.29) is 5.70 Å². The summed E-state index contributed by atoms with van der Waals surface area (Å²) in [5, 5.41) is 9.16. The van der Waals surface area contributed by atoms with Crippen molar-refractivity contribution in [2.24, 2.45) is 5.73 Å². The molecule has 1 unspecified atom stereocenters. The first-order valence-electron chi connectivity index (χ1n) is 9.44. The number of rotatable bonds is 6. The van der Waals surface area contributed by atoms with E-state index in [1.54, 1.807) is 36.7 Å². The predicted molar refractivity (Wildman–Crippen MR) is 127 cm³/mol. The van der Waals surface area contributed by atoms with Crippen LogP contribution in [0, 0.1) is 11.3 Å². The zero-order valence-corrected chi connectivity index (χ0v) is 19.7. The Bertz CT molecular complexity index is 1370. The molecule has 4 rings (SSSR count). The van der Waals surface area contributed by atoms with E-state index in [2.05, 4.69) is 11.1 Å². The number of fused-ring (bicyclic) bond motifs is 1. The van der Waals surface area contributed by atoms with Gasteiger partial charge in [-0.05, 0) is 48.9 Å². The molecule has 32 heavy (non-hydrogen) atoms. The summed E-state index contributed by atoms with van der Waals surface area (Å²) in [6.07, 6.45) is 1.06. The molecule has 1 aliphatic rings. The second-order valence-corrected chi connectivity index (χ2v) is 11.2. The average molecular weight is 486 g/mol. The molecular weight excluding hydrogens is 466 g/mol. The minimum Gasteiger partial charge on any atom is -0.364 e. The summed E-state index contributed by atoms with van der Waals surface area (Å²) in [6, 6.07) is 14.9. The Hall–Kier alpha value is -3.07. The summed E-state index contributed by atoms with van der Waals surface area (Å²) in [4.78, 5) is 18.8. The maximum absolute atomic E-state index is 12.7. The van der Waals surface area contributed by atoms with Gasteiger partial charge in [-0.2, -0.15) is 5.26 Å². The van der Waals surface area contributed by atoms with Crippen LogP contribution >= 0.6 is 23.1 Å². The number of thiazole rings is 1. The minimum atomic E-state index is -3.81. The number of allylic oxidation sites excluding steroid dienone is 1. The Morgan fingerprint density at radius 3 is 2.62 bits per heavy atom. The predicted octanol–water partition coefficient (Wildman–Crippen LogP) is 3.18. The van der Waals surface area contributed by atoms with Crippen molar-refractivity contribution in [2.45, 2.75) is 19.0 Å². The lowest BCUT2D eigenvalue weighted by molar-refractivity contribution is -0.115. The SMILES string of the molecule is CC1=C(C(N)=O)N(S(C)(=O)=O)C(N(Cc2ccc3ncsc3c2)c2ccc(C#N)cc2)S1. The third-order valence-electron chi connectivity index (χ3n) is 4.97. The van der Waals surface area contributed by atoms with Gasteiger partial charge in [-0.15, -0.1) is 11.3 Å². The molecule has 8 nitrogen and oxygen atoms in total. The van der Waals surface area contributed by atoms with Gasteiger partial charge in [-0.25, -0.2) is 17.7 Å². The molecule has 2 heterocycles. The summed E-state index contributed by atoms with van der Waals surface area (Å²) >= 11 is 2.78. The van der Waals surface area contributed by atoms with E-state index < -0.39 is 21.4 Å². The number of amides is 1. The van der Waals surface area contributed by atoms with Crippen LogP contribution < -0.4 is 10.6 Å². The highest BCUT2D eigenvalue weighted by Gasteiger charge is 2.42. The summed E-state index contributed by atoms with van der Waals surface area (Å²) < 4.78 is 27.6. The molecule has 164 valence electrons. The molecule has 0 aliphatic carbocycles. The summed E-state index contributed by atoms with van der Waals surface area (Å²) in [5.74, 6) is -0.797. The van der Waals surface area contributed by atoms with Crippen LogP contribution in [-0.4, -0.2) is 35.4 Å². The minimum absolute atomic E-state index is 0.0287. The number of sulfonamides is 1. The van der Waals surface area contributed by atoms with Crippen molar-refractivity contribution in [3.8, 4) is 6.07 Å². The highest BCUT2D eigenvalue weighted by Crippen LogP contribution is 2.43. The molecule has 2 N–H and O–H groups in total. The highest BCUT2D eigenvalue weighted by atomic mass is 32.2. The third kappa shape index (κ3) is 4.17. The monoisotopic (exact) mass is 485 g/mol. The molecule has 3 aromatic rings. The number of thioether (sulfide) groups is 1. The number of nitrogens with two attached hydrogens (primary N) is 1. The van der Waals surface area contributed by atoms with E-state index in [1.165, 1.54) is 23.1 Å². The van der Waals surface area contributed by atoms with Crippen LogP contribution in [0.4, 0.5) is 5.69 Å². The molecule has 0 saturated carbocycles. The van der Waals surface area contributed by atoms with Gasteiger partial charge in [0.1, 0.15) is 5.70 Å². The lowest BCUT2D eigenvalue weighted by Crippen LogP contribution is -2.47. The number of primary amides is 1. The van der Waals surface area contributed by atoms with Crippen molar-refractivity contribution in [1.29, 1.82) is 5.26 Å². The van der Waals surface area contributed by atoms with Crippen LogP contribution in [0.1, 0.15) is 18.1 Å². The first kappa shape index (κ1) is 22.1. The quantitative estimate of drug-likeness (QED) is 0.569. The van der Waals surface area contributed by atoms with Crippen molar-refractivity contribution in [3.63, 3.8) is 0 Å². The standard InChI is InChI=1S/C21H19N5O3S3/c1-13-19(20(23)27)26(32(2,28)29)21(31-13)25(16-6-3-14(10-22)4-7-16)11-15-5-8-17-18(9-15)30-12-24-17/h3-9,12,21H,11H2,1-2H3,(H2,23,27). The first-order chi connectivity index (χ1) is 15.2. The number of aromatic nitrogens is 1.